The van der Waals surface area contributed by atoms with E-state index in [2.05, 4.69) is 9.97 Å². The molecule has 0 unspecified atom stereocenters. The number of aromatic nitrogens is 2. The second-order valence-corrected chi connectivity index (χ2v) is 4.82. The Morgan fingerprint density at radius 2 is 2.17 bits per heavy atom. The van der Waals surface area contributed by atoms with Gasteiger partial charge in [-0.05, 0) is 6.26 Å². The quantitative estimate of drug-likeness (QED) is 0.616. The Labute approximate surface area is 109 Å². The van der Waals surface area contributed by atoms with Crippen molar-refractivity contribution in [3.8, 4) is 0 Å². The molecule has 1 amide bonds. The first-order chi connectivity index (χ1) is 8.63. The first-order valence-corrected chi connectivity index (χ1v) is 6.75. The lowest BCUT2D eigenvalue weighted by atomic mass is 10.1. The predicted molar refractivity (Wildman–Crippen MR) is 66.5 cm³/mol. The van der Waals surface area contributed by atoms with E-state index in [9.17, 15) is 9.90 Å². The Morgan fingerprint density at radius 3 is 2.67 bits per heavy atom. The second kappa shape index (κ2) is 5.64. The lowest BCUT2D eigenvalue weighted by Crippen LogP contribution is -2.44. The maximum Gasteiger partial charge on any atom is 0.257 e. The fourth-order valence-electron chi connectivity index (χ4n) is 1.79. The number of aliphatic hydroxyl groups is 1. The van der Waals surface area contributed by atoms with Crippen LogP contribution in [0.4, 0.5) is 0 Å². The fraction of sp³-hybridized carbons (Fsp3) is 0.545. The monoisotopic (exact) mass is 269 g/mol. The van der Waals surface area contributed by atoms with E-state index in [4.69, 9.17) is 4.74 Å². The molecule has 0 radical (unpaired) electrons. The standard InChI is InChI=1S/C11H15N3O3S/c1-14(8-5-17-6-9(8)15)10(16)7-3-12-11(18-2)13-4-7/h3-4,8-9,15H,5-6H2,1-2H3/t8-,9-/m1/s1. The van der Waals surface area contributed by atoms with Gasteiger partial charge in [0.2, 0.25) is 0 Å². The molecule has 0 spiro atoms. The van der Waals surface area contributed by atoms with Gasteiger partial charge in [0.1, 0.15) is 0 Å². The number of carbonyl (C=O) groups excluding carboxylic acids is 1. The molecule has 1 aromatic heterocycles. The van der Waals surface area contributed by atoms with Crippen LogP contribution in [0.25, 0.3) is 0 Å². The van der Waals surface area contributed by atoms with Gasteiger partial charge in [-0.25, -0.2) is 9.97 Å². The largest absolute Gasteiger partial charge is 0.388 e. The minimum absolute atomic E-state index is 0.211. The normalized spacial score (nSPS) is 23.1. The summed E-state index contributed by atoms with van der Waals surface area (Å²) < 4.78 is 5.13. The molecule has 1 aromatic rings. The molecule has 1 aliphatic rings. The highest BCUT2D eigenvalue weighted by molar-refractivity contribution is 7.98. The third-order valence-electron chi connectivity index (χ3n) is 2.90. The molecule has 2 atom stereocenters. The zero-order chi connectivity index (χ0) is 13.1. The highest BCUT2D eigenvalue weighted by Gasteiger charge is 2.32. The summed E-state index contributed by atoms with van der Waals surface area (Å²) in [5.74, 6) is -0.211. The minimum Gasteiger partial charge on any atom is -0.388 e. The van der Waals surface area contributed by atoms with E-state index in [1.807, 2.05) is 6.26 Å². The van der Waals surface area contributed by atoms with Crippen LogP contribution in [0.15, 0.2) is 17.6 Å². The smallest absolute Gasteiger partial charge is 0.257 e. The van der Waals surface area contributed by atoms with Crippen LogP contribution in [-0.2, 0) is 4.74 Å². The van der Waals surface area contributed by atoms with Gasteiger partial charge in [0.25, 0.3) is 5.91 Å². The Hall–Kier alpha value is -1.18. The Balaban J connectivity index is 2.09. The van der Waals surface area contributed by atoms with E-state index in [0.717, 1.165) is 0 Å². The van der Waals surface area contributed by atoms with Crippen LogP contribution in [0, 0.1) is 0 Å². The summed E-state index contributed by atoms with van der Waals surface area (Å²) in [6, 6.07) is -0.308. The molecular weight excluding hydrogens is 254 g/mol. The van der Waals surface area contributed by atoms with Crippen molar-refractivity contribution in [2.45, 2.75) is 17.3 Å². The molecule has 0 saturated carbocycles. The van der Waals surface area contributed by atoms with Gasteiger partial charge in [-0.3, -0.25) is 4.79 Å². The number of rotatable bonds is 3. The van der Waals surface area contributed by atoms with Gasteiger partial charge in [-0.15, -0.1) is 0 Å². The van der Waals surface area contributed by atoms with E-state index >= 15 is 0 Å². The third-order valence-corrected chi connectivity index (χ3v) is 3.47. The van der Waals surface area contributed by atoms with Gasteiger partial charge < -0.3 is 14.7 Å². The highest BCUT2D eigenvalue weighted by Crippen LogP contribution is 2.15. The lowest BCUT2D eigenvalue weighted by Gasteiger charge is -2.25. The summed E-state index contributed by atoms with van der Waals surface area (Å²) in [5, 5.41) is 10.3. The molecule has 1 aliphatic heterocycles. The molecule has 18 heavy (non-hydrogen) atoms. The highest BCUT2D eigenvalue weighted by atomic mass is 32.2. The van der Waals surface area contributed by atoms with Crippen molar-refractivity contribution in [2.24, 2.45) is 0 Å². The average molecular weight is 269 g/mol. The molecule has 0 aromatic carbocycles. The van der Waals surface area contributed by atoms with E-state index in [-0.39, 0.29) is 18.6 Å². The summed E-state index contributed by atoms with van der Waals surface area (Å²) in [4.78, 5) is 21.7. The summed E-state index contributed by atoms with van der Waals surface area (Å²) in [6.45, 7) is 0.622. The molecule has 2 rings (SSSR count). The van der Waals surface area contributed by atoms with Gasteiger partial charge in [-0.2, -0.15) is 0 Å². The summed E-state index contributed by atoms with van der Waals surface area (Å²) in [6.07, 6.45) is 4.24. The van der Waals surface area contributed by atoms with Gasteiger partial charge in [-0.1, -0.05) is 11.8 Å². The van der Waals surface area contributed by atoms with Gasteiger partial charge in [0.15, 0.2) is 5.16 Å². The van der Waals surface area contributed by atoms with Crippen molar-refractivity contribution in [3.63, 3.8) is 0 Å². The molecule has 6 nitrogen and oxygen atoms in total. The molecule has 98 valence electrons. The van der Waals surface area contributed by atoms with Crippen molar-refractivity contribution in [2.75, 3.05) is 26.5 Å². The average Bonchev–Trinajstić information content (AvgIpc) is 2.83. The molecule has 0 aliphatic carbocycles. The van der Waals surface area contributed by atoms with Crippen molar-refractivity contribution >= 4 is 17.7 Å². The Bertz CT molecular complexity index is 426. The van der Waals surface area contributed by atoms with Gasteiger partial charge in [0.05, 0.1) is 30.9 Å². The second-order valence-electron chi connectivity index (χ2n) is 4.05. The molecule has 7 heteroatoms. The number of likely N-dealkylation sites (N-methyl/N-ethyl adjacent to an activating group) is 1. The van der Waals surface area contributed by atoms with E-state index in [1.165, 1.54) is 29.1 Å². The van der Waals surface area contributed by atoms with Crippen LogP contribution in [0.3, 0.4) is 0 Å². The number of ether oxygens (including phenoxy) is 1. The maximum atomic E-state index is 12.1. The lowest BCUT2D eigenvalue weighted by molar-refractivity contribution is 0.0580. The van der Waals surface area contributed by atoms with Crippen LogP contribution in [0.1, 0.15) is 10.4 Å². The number of thioether (sulfide) groups is 1. The Kier molecular flexibility index (Phi) is 4.15. The predicted octanol–water partition coefficient (Wildman–Crippen LogP) is 0.0302. The number of carbonyl (C=O) groups is 1. The van der Waals surface area contributed by atoms with Crippen molar-refractivity contribution < 1.29 is 14.6 Å². The van der Waals surface area contributed by atoms with Crippen molar-refractivity contribution in [1.82, 2.24) is 14.9 Å². The van der Waals surface area contributed by atoms with E-state index in [1.54, 1.807) is 7.05 Å². The number of hydrogen-bond acceptors (Lipinski definition) is 6. The summed E-state index contributed by atoms with van der Waals surface area (Å²) in [7, 11) is 1.65. The zero-order valence-corrected chi connectivity index (χ0v) is 11.1. The van der Waals surface area contributed by atoms with Gasteiger partial charge in [0, 0.05) is 19.4 Å². The molecule has 2 heterocycles. The van der Waals surface area contributed by atoms with Crippen LogP contribution in [0.2, 0.25) is 0 Å². The van der Waals surface area contributed by atoms with E-state index in [0.29, 0.717) is 17.3 Å². The summed E-state index contributed by atoms with van der Waals surface area (Å²) >= 11 is 1.42. The topological polar surface area (TPSA) is 75.6 Å². The van der Waals surface area contributed by atoms with Crippen LogP contribution < -0.4 is 0 Å². The molecule has 1 fully saturated rings. The van der Waals surface area contributed by atoms with Crippen molar-refractivity contribution in [3.05, 3.63) is 18.0 Å². The van der Waals surface area contributed by atoms with Gasteiger partial charge >= 0.3 is 0 Å². The molecule has 1 saturated heterocycles. The first kappa shape index (κ1) is 13.3. The van der Waals surface area contributed by atoms with Crippen LogP contribution >= 0.6 is 11.8 Å². The van der Waals surface area contributed by atoms with Crippen LogP contribution in [-0.4, -0.2) is 64.5 Å². The molecule has 0 bridgehead atoms. The zero-order valence-electron chi connectivity index (χ0n) is 10.2. The Morgan fingerprint density at radius 1 is 1.50 bits per heavy atom. The minimum atomic E-state index is -0.634. The molecule has 1 N–H and O–H groups in total. The maximum absolute atomic E-state index is 12.1. The first-order valence-electron chi connectivity index (χ1n) is 5.52. The van der Waals surface area contributed by atoms with Crippen molar-refractivity contribution in [1.29, 1.82) is 0 Å². The number of aliphatic hydroxyl groups excluding tert-OH is 1. The number of nitrogens with zero attached hydrogens (tertiary/aromatic N) is 3. The van der Waals surface area contributed by atoms with E-state index < -0.39 is 6.10 Å². The number of hydrogen-bond donors (Lipinski definition) is 1. The fourth-order valence-corrected chi connectivity index (χ4v) is 2.10. The third kappa shape index (κ3) is 2.63. The number of amides is 1. The molecular formula is C11H15N3O3S. The van der Waals surface area contributed by atoms with Crippen LogP contribution in [0.5, 0.6) is 0 Å². The SMILES string of the molecule is CSc1ncc(C(=O)N(C)[C@@H]2COC[C@H]2O)cn1. The summed E-state index contributed by atoms with van der Waals surface area (Å²) in [5.41, 5.74) is 0.411.